The normalized spacial score (nSPS) is 15.9. The van der Waals surface area contributed by atoms with E-state index >= 15 is 0 Å². The number of nitrogens with one attached hydrogen (secondary N) is 1. The van der Waals surface area contributed by atoms with E-state index < -0.39 is 0 Å². The second kappa shape index (κ2) is 4.78. The van der Waals surface area contributed by atoms with Gasteiger partial charge in [0, 0.05) is 20.1 Å². The van der Waals surface area contributed by atoms with E-state index in [4.69, 9.17) is 4.74 Å². The van der Waals surface area contributed by atoms with Gasteiger partial charge in [-0.1, -0.05) is 0 Å². The van der Waals surface area contributed by atoms with Gasteiger partial charge in [-0.15, -0.1) is 0 Å². The number of nitrogens with zero attached hydrogens (tertiary/aromatic N) is 3. The Morgan fingerprint density at radius 3 is 2.83 bits per heavy atom. The minimum absolute atomic E-state index is 0.780. The molecule has 1 N–H and O–H groups in total. The van der Waals surface area contributed by atoms with E-state index in [1.165, 1.54) is 0 Å². The molecule has 0 bridgehead atoms. The van der Waals surface area contributed by atoms with Crippen LogP contribution >= 0.6 is 0 Å². The Hall–Kier alpha value is -1.88. The molecular formula is C13H16N4O. The van der Waals surface area contributed by atoms with Gasteiger partial charge in [-0.05, 0) is 18.2 Å². The van der Waals surface area contributed by atoms with Gasteiger partial charge in [0.2, 0.25) is 0 Å². The van der Waals surface area contributed by atoms with Crippen molar-refractivity contribution in [3.05, 3.63) is 24.4 Å². The first-order valence-corrected chi connectivity index (χ1v) is 6.14. The fourth-order valence-corrected chi connectivity index (χ4v) is 2.13. The van der Waals surface area contributed by atoms with Gasteiger partial charge in [0.15, 0.2) is 0 Å². The summed E-state index contributed by atoms with van der Waals surface area (Å²) in [5.41, 5.74) is 2.96. The summed E-state index contributed by atoms with van der Waals surface area (Å²) in [7, 11) is 1.87. The minimum atomic E-state index is 0.780. The molecule has 1 saturated heterocycles. The Kier molecular flexibility index (Phi) is 2.98. The molecule has 5 heteroatoms. The van der Waals surface area contributed by atoms with Crippen LogP contribution in [0, 0.1) is 0 Å². The van der Waals surface area contributed by atoms with E-state index in [-0.39, 0.29) is 0 Å². The van der Waals surface area contributed by atoms with Gasteiger partial charge in [-0.3, -0.25) is 4.98 Å². The summed E-state index contributed by atoms with van der Waals surface area (Å²) in [6.07, 6.45) is 1.91. The summed E-state index contributed by atoms with van der Waals surface area (Å²) in [5.74, 6) is 0.864. The molecule has 0 aliphatic carbocycles. The van der Waals surface area contributed by atoms with Gasteiger partial charge < -0.3 is 15.0 Å². The lowest BCUT2D eigenvalue weighted by Crippen LogP contribution is -2.36. The van der Waals surface area contributed by atoms with Crippen LogP contribution in [0.1, 0.15) is 0 Å². The Morgan fingerprint density at radius 1 is 1.22 bits per heavy atom. The van der Waals surface area contributed by atoms with Crippen LogP contribution in [0.4, 0.5) is 11.5 Å². The molecule has 1 aliphatic heterocycles. The van der Waals surface area contributed by atoms with Crippen LogP contribution in [0.3, 0.4) is 0 Å². The lowest BCUT2D eigenvalue weighted by atomic mass is 10.2. The highest BCUT2D eigenvalue weighted by molar-refractivity contribution is 5.79. The van der Waals surface area contributed by atoms with Crippen molar-refractivity contribution in [2.24, 2.45) is 0 Å². The number of rotatable bonds is 2. The number of ether oxygens (including phenoxy) is 1. The molecule has 3 rings (SSSR count). The molecule has 0 aromatic carbocycles. The van der Waals surface area contributed by atoms with Crippen LogP contribution in [0.15, 0.2) is 24.4 Å². The number of hydrogen-bond acceptors (Lipinski definition) is 5. The third-order valence-electron chi connectivity index (χ3n) is 3.16. The Labute approximate surface area is 106 Å². The average Bonchev–Trinajstić information content (AvgIpc) is 2.47. The molecule has 94 valence electrons. The Bertz CT molecular complexity index is 552. The molecular weight excluding hydrogens is 228 g/mol. The minimum Gasteiger partial charge on any atom is -0.378 e. The fraction of sp³-hybridized carbons (Fsp3) is 0.385. The van der Waals surface area contributed by atoms with Crippen molar-refractivity contribution in [3.63, 3.8) is 0 Å². The maximum atomic E-state index is 5.36. The van der Waals surface area contributed by atoms with Crippen molar-refractivity contribution < 1.29 is 4.74 Å². The fourth-order valence-electron chi connectivity index (χ4n) is 2.13. The van der Waals surface area contributed by atoms with Gasteiger partial charge in [-0.25, -0.2) is 4.98 Å². The Morgan fingerprint density at radius 2 is 2.06 bits per heavy atom. The van der Waals surface area contributed by atoms with Crippen molar-refractivity contribution in [1.29, 1.82) is 0 Å². The lowest BCUT2D eigenvalue weighted by molar-refractivity contribution is 0.122. The summed E-state index contributed by atoms with van der Waals surface area (Å²) < 4.78 is 5.36. The second-order valence-electron chi connectivity index (χ2n) is 4.28. The van der Waals surface area contributed by atoms with Gasteiger partial charge in [-0.2, -0.15) is 0 Å². The zero-order valence-corrected chi connectivity index (χ0v) is 10.4. The van der Waals surface area contributed by atoms with Crippen LogP contribution in [-0.2, 0) is 4.74 Å². The third-order valence-corrected chi connectivity index (χ3v) is 3.16. The highest BCUT2D eigenvalue weighted by atomic mass is 16.5. The molecule has 18 heavy (non-hydrogen) atoms. The maximum absolute atomic E-state index is 5.36. The van der Waals surface area contributed by atoms with Crippen LogP contribution in [0.2, 0.25) is 0 Å². The van der Waals surface area contributed by atoms with Crippen LogP contribution in [-0.4, -0.2) is 43.3 Å². The van der Waals surface area contributed by atoms with Crippen molar-refractivity contribution in [1.82, 2.24) is 9.97 Å². The first-order valence-electron chi connectivity index (χ1n) is 6.14. The highest BCUT2D eigenvalue weighted by Gasteiger charge is 2.12. The number of anilines is 2. The zero-order valence-electron chi connectivity index (χ0n) is 10.4. The van der Waals surface area contributed by atoms with Crippen molar-refractivity contribution >= 4 is 22.5 Å². The molecule has 3 heterocycles. The van der Waals surface area contributed by atoms with Crippen LogP contribution < -0.4 is 10.2 Å². The summed E-state index contributed by atoms with van der Waals surface area (Å²) in [5, 5.41) is 3.05. The van der Waals surface area contributed by atoms with E-state index in [1.54, 1.807) is 0 Å². The van der Waals surface area contributed by atoms with Gasteiger partial charge in [0.25, 0.3) is 0 Å². The second-order valence-corrected chi connectivity index (χ2v) is 4.28. The molecule has 1 fully saturated rings. The van der Waals surface area contributed by atoms with Crippen LogP contribution in [0.5, 0.6) is 0 Å². The van der Waals surface area contributed by atoms with E-state index in [9.17, 15) is 0 Å². The molecule has 0 atom stereocenters. The smallest absolute Gasteiger partial charge is 0.126 e. The van der Waals surface area contributed by atoms with E-state index in [0.29, 0.717) is 0 Å². The molecule has 2 aromatic heterocycles. The van der Waals surface area contributed by atoms with Crippen molar-refractivity contribution in [2.45, 2.75) is 0 Å². The molecule has 1 aliphatic rings. The number of hydrogen-bond donors (Lipinski definition) is 1. The van der Waals surface area contributed by atoms with Gasteiger partial charge in [0.1, 0.15) is 5.82 Å². The van der Waals surface area contributed by atoms with Crippen LogP contribution in [0.25, 0.3) is 11.0 Å². The summed E-state index contributed by atoms with van der Waals surface area (Å²) in [6.45, 7) is 3.39. The standard InChI is InChI=1S/C13H16N4O/c1-14-13-3-2-11-12(16-13)8-10(9-15-11)17-4-6-18-7-5-17/h2-3,8-9H,4-7H2,1H3,(H,14,16). The predicted molar refractivity (Wildman–Crippen MR) is 72.1 cm³/mol. The molecule has 0 spiro atoms. The lowest BCUT2D eigenvalue weighted by Gasteiger charge is -2.28. The summed E-state index contributed by atoms with van der Waals surface area (Å²) in [6, 6.07) is 6.01. The maximum Gasteiger partial charge on any atom is 0.126 e. The quantitative estimate of drug-likeness (QED) is 0.867. The predicted octanol–water partition coefficient (Wildman–Crippen LogP) is 1.51. The molecule has 2 aromatic rings. The molecule has 5 nitrogen and oxygen atoms in total. The molecule has 0 amide bonds. The van der Waals surface area contributed by atoms with Crippen molar-refractivity contribution in [2.75, 3.05) is 43.6 Å². The first-order chi connectivity index (χ1) is 8.86. The molecule has 0 radical (unpaired) electrons. The summed E-state index contributed by atoms with van der Waals surface area (Å²) >= 11 is 0. The first kappa shape index (κ1) is 11.2. The third kappa shape index (κ3) is 2.09. The highest BCUT2D eigenvalue weighted by Crippen LogP contribution is 2.20. The summed E-state index contributed by atoms with van der Waals surface area (Å²) in [4.78, 5) is 11.3. The van der Waals surface area contributed by atoms with Gasteiger partial charge in [0.05, 0.1) is 36.1 Å². The SMILES string of the molecule is CNc1ccc2ncc(N3CCOCC3)cc2n1. The van der Waals surface area contributed by atoms with Crippen molar-refractivity contribution in [3.8, 4) is 0 Å². The number of fused-ring (bicyclic) bond motifs is 1. The van der Waals surface area contributed by atoms with E-state index in [1.807, 2.05) is 25.4 Å². The molecule has 0 saturated carbocycles. The molecule has 0 unspecified atom stereocenters. The topological polar surface area (TPSA) is 50.3 Å². The van der Waals surface area contributed by atoms with E-state index in [2.05, 4.69) is 26.3 Å². The average molecular weight is 244 g/mol. The van der Waals surface area contributed by atoms with Gasteiger partial charge >= 0.3 is 0 Å². The number of pyridine rings is 2. The largest absolute Gasteiger partial charge is 0.378 e. The zero-order chi connectivity index (χ0) is 12.4. The van der Waals surface area contributed by atoms with E-state index in [0.717, 1.165) is 48.8 Å². The number of morpholine rings is 1. The monoisotopic (exact) mass is 244 g/mol. The Balaban J connectivity index is 1.97. The number of aromatic nitrogens is 2.